The van der Waals surface area contributed by atoms with Crippen molar-refractivity contribution in [1.82, 2.24) is 0 Å². The molecule has 0 heterocycles. The summed E-state index contributed by atoms with van der Waals surface area (Å²) in [5.41, 5.74) is 24.3. The average molecular weight is 697 g/mol. The van der Waals surface area contributed by atoms with E-state index in [1.165, 1.54) is 111 Å². The van der Waals surface area contributed by atoms with Gasteiger partial charge in [0.15, 0.2) is 0 Å². The van der Waals surface area contributed by atoms with Gasteiger partial charge in [-0.1, -0.05) is 176 Å². The Morgan fingerprint density at radius 3 is 1.67 bits per heavy atom. The topological polar surface area (TPSA) is 0 Å². The Labute approximate surface area is 322 Å². The van der Waals surface area contributed by atoms with Crippen LogP contribution in [0.1, 0.15) is 56.3 Å². The molecule has 0 bridgehead atoms. The van der Waals surface area contributed by atoms with E-state index >= 15 is 0 Å². The molecule has 0 saturated carbocycles. The summed E-state index contributed by atoms with van der Waals surface area (Å²) in [4.78, 5) is 0. The first-order valence-electron chi connectivity index (χ1n) is 19.5. The molecule has 2 atom stereocenters. The Kier molecular flexibility index (Phi) is 6.62. The molecule has 9 aromatic carbocycles. The standard InChI is InChI=1S/C55H36/c1-2-12-34(13-3-1)54-47-20-10-9-19-45(47)52-31-35(25-27-50(52)54)36-24-26-46-44-18-8-11-21-48(44)55(53(46)32-36)49-29-28-41(42-16-6-7-17-43(42)49)39-23-22-38-30-37-14-4-5-15-40(37)51(38)33-39/h1-29,31-33,54-55H,30H2. The van der Waals surface area contributed by atoms with Crippen LogP contribution in [0.3, 0.4) is 0 Å². The fourth-order valence-electron chi connectivity index (χ4n) is 10.2. The van der Waals surface area contributed by atoms with Gasteiger partial charge in [-0.25, -0.2) is 0 Å². The summed E-state index contributed by atoms with van der Waals surface area (Å²) in [6.07, 6.45) is 1.01. The molecular weight excluding hydrogens is 661 g/mol. The Morgan fingerprint density at radius 2 is 0.818 bits per heavy atom. The normalized spacial score (nSPS) is 15.6. The lowest BCUT2D eigenvalue weighted by atomic mass is 9.83. The molecule has 0 nitrogen and oxygen atoms in total. The van der Waals surface area contributed by atoms with E-state index in [9.17, 15) is 0 Å². The van der Waals surface area contributed by atoms with E-state index in [1.807, 2.05) is 0 Å². The molecule has 0 aromatic heterocycles. The predicted octanol–water partition coefficient (Wildman–Crippen LogP) is 14.1. The van der Waals surface area contributed by atoms with Gasteiger partial charge in [0.1, 0.15) is 0 Å². The minimum absolute atomic E-state index is 0.134. The molecule has 0 aliphatic heterocycles. The Bertz CT molecular complexity index is 3020. The minimum atomic E-state index is 0.134. The van der Waals surface area contributed by atoms with Crippen LogP contribution in [0.4, 0.5) is 0 Å². The third-order valence-electron chi connectivity index (χ3n) is 12.7. The van der Waals surface area contributed by atoms with Crippen LogP contribution in [0.15, 0.2) is 194 Å². The Morgan fingerprint density at radius 1 is 0.273 bits per heavy atom. The first kappa shape index (κ1) is 30.7. The number of benzene rings is 9. The molecule has 9 aromatic rings. The van der Waals surface area contributed by atoms with Crippen LogP contribution in [-0.4, -0.2) is 0 Å². The molecule has 0 radical (unpaired) electrons. The summed E-state index contributed by atoms with van der Waals surface area (Å²) in [5.74, 6) is 0.388. The van der Waals surface area contributed by atoms with Crippen molar-refractivity contribution in [3.8, 4) is 55.6 Å². The lowest BCUT2D eigenvalue weighted by Gasteiger charge is -2.20. The third-order valence-corrected chi connectivity index (χ3v) is 12.7. The van der Waals surface area contributed by atoms with Gasteiger partial charge in [-0.05, 0) is 136 Å². The molecule has 0 saturated heterocycles. The highest BCUT2D eigenvalue weighted by molar-refractivity contribution is 6.01. The average Bonchev–Trinajstić information content (AvgIpc) is 3.90. The van der Waals surface area contributed by atoms with Crippen molar-refractivity contribution in [2.24, 2.45) is 0 Å². The molecule has 55 heavy (non-hydrogen) atoms. The van der Waals surface area contributed by atoms with E-state index in [0.717, 1.165) is 6.42 Å². The molecule has 0 spiro atoms. The van der Waals surface area contributed by atoms with E-state index in [-0.39, 0.29) is 11.8 Å². The van der Waals surface area contributed by atoms with E-state index in [0.29, 0.717) is 0 Å². The zero-order chi connectivity index (χ0) is 36.0. The van der Waals surface area contributed by atoms with E-state index in [4.69, 9.17) is 0 Å². The summed E-state index contributed by atoms with van der Waals surface area (Å²) < 4.78 is 0. The van der Waals surface area contributed by atoms with Gasteiger partial charge in [-0.15, -0.1) is 0 Å². The van der Waals surface area contributed by atoms with Gasteiger partial charge in [0.05, 0.1) is 0 Å². The molecule has 0 heteroatoms. The highest BCUT2D eigenvalue weighted by atomic mass is 14.4. The second kappa shape index (κ2) is 11.9. The lowest BCUT2D eigenvalue weighted by molar-refractivity contribution is 1.01. The maximum Gasteiger partial charge on any atom is 0.0358 e. The highest BCUT2D eigenvalue weighted by Gasteiger charge is 2.33. The number of hydrogen-bond acceptors (Lipinski definition) is 0. The third kappa shape index (κ3) is 4.58. The Balaban J connectivity index is 0.990. The van der Waals surface area contributed by atoms with Crippen LogP contribution < -0.4 is 0 Å². The molecule has 0 N–H and O–H groups in total. The van der Waals surface area contributed by atoms with Gasteiger partial charge >= 0.3 is 0 Å². The maximum atomic E-state index is 2.48. The monoisotopic (exact) mass is 696 g/mol. The maximum absolute atomic E-state index is 2.48. The summed E-state index contributed by atoms with van der Waals surface area (Å²) in [5, 5.41) is 2.62. The van der Waals surface area contributed by atoms with E-state index < -0.39 is 0 Å². The van der Waals surface area contributed by atoms with E-state index in [1.54, 1.807) is 0 Å². The summed E-state index contributed by atoms with van der Waals surface area (Å²) in [6, 6.07) is 73.2. The van der Waals surface area contributed by atoms with Crippen molar-refractivity contribution in [1.29, 1.82) is 0 Å². The van der Waals surface area contributed by atoms with Crippen LogP contribution in [-0.2, 0) is 6.42 Å². The van der Waals surface area contributed by atoms with Crippen LogP contribution >= 0.6 is 0 Å². The molecule has 0 amide bonds. The van der Waals surface area contributed by atoms with Gasteiger partial charge in [0, 0.05) is 11.8 Å². The van der Waals surface area contributed by atoms with Gasteiger partial charge in [-0.3, -0.25) is 0 Å². The molecule has 3 aliphatic carbocycles. The predicted molar refractivity (Wildman–Crippen MR) is 229 cm³/mol. The summed E-state index contributed by atoms with van der Waals surface area (Å²) in [6.45, 7) is 0. The van der Waals surface area contributed by atoms with Gasteiger partial charge < -0.3 is 0 Å². The fourth-order valence-corrected chi connectivity index (χ4v) is 10.2. The van der Waals surface area contributed by atoms with Crippen molar-refractivity contribution >= 4 is 10.8 Å². The van der Waals surface area contributed by atoms with Crippen LogP contribution in [0.25, 0.3) is 66.4 Å². The van der Waals surface area contributed by atoms with Crippen molar-refractivity contribution in [2.75, 3.05) is 0 Å². The zero-order valence-electron chi connectivity index (χ0n) is 30.3. The smallest absolute Gasteiger partial charge is 0.0358 e. The number of fused-ring (bicyclic) bond motifs is 10. The molecular formula is C55H36. The molecule has 256 valence electrons. The molecule has 3 aliphatic rings. The fraction of sp³-hybridized carbons (Fsp3) is 0.0545. The zero-order valence-corrected chi connectivity index (χ0v) is 30.3. The summed E-state index contributed by atoms with van der Waals surface area (Å²) >= 11 is 0. The second-order valence-electron chi connectivity index (χ2n) is 15.5. The first-order valence-corrected chi connectivity index (χ1v) is 19.5. The van der Waals surface area contributed by atoms with Crippen molar-refractivity contribution < 1.29 is 0 Å². The molecule has 12 rings (SSSR count). The minimum Gasteiger partial charge on any atom is -0.0622 e. The molecule has 2 unspecified atom stereocenters. The van der Waals surface area contributed by atoms with Crippen LogP contribution in [0.5, 0.6) is 0 Å². The Hall–Kier alpha value is -6.76. The van der Waals surface area contributed by atoms with Crippen molar-refractivity contribution in [3.05, 3.63) is 239 Å². The number of hydrogen-bond donors (Lipinski definition) is 0. The van der Waals surface area contributed by atoms with Crippen LogP contribution in [0, 0.1) is 0 Å². The quantitative estimate of drug-likeness (QED) is 0.172. The second-order valence-corrected chi connectivity index (χ2v) is 15.5. The molecule has 0 fully saturated rings. The van der Waals surface area contributed by atoms with E-state index in [2.05, 4.69) is 194 Å². The SMILES string of the molecule is c1ccc(C2c3ccccc3-c3cc(-c4ccc5c(c4)C(c4ccc(-c6ccc7c(c6)-c6ccccc6C7)c6ccccc46)c4ccccc4-5)ccc32)cc1. The van der Waals surface area contributed by atoms with Gasteiger partial charge in [0.25, 0.3) is 0 Å². The number of rotatable bonds is 4. The largest absolute Gasteiger partial charge is 0.0622 e. The first-order chi connectivity index (χ1) is 27.3. The highest BCUT2D eigenvalue weighted by Crippen LogP contribution is 2.53. The van der Waals surface area contributed by atoms with Crippen molar-refractivity contribution in [2.45, 2.75) is 18.3 Å². The summed E-state index contributed by atoms with van der Waals surface area (Å²) in [7, 11) is 0. The van der Waals surface area contributed by atoms with Gasteiger partial charge in [-0.2, -0.15) is 0 Å². The lowest BCUT2D eigenvalue weighted by Crippen LogP contribution is -2.01. The van der Waals surface area contributed by atoms with Crippen LogP contribution in [0.2, 0.25) is 0 Å². The van der Waals surface area contributed by atoms with Gasteiger partial charge in [0.2, 0.25) is 0 Å². The van der Waals surface area contributed by atoms with Crippen molar-refractivity contribution in [3.63, 3.8) is 0 Å².